The van der Waals surface area contributed by atoms with Crippen LogP contribution in [-0.4, -0.2) is 33.2 Å². The van der Waals surface area contributed by atoms with Gasteiger partial charge in [0, 0.05) is 12.2 Å². The zero-order valence-electron chi connectivity index (χ0n) is 18.9. The molecule has 0 saturated carbocycles. The molecule has 0 aliphatic rings. The lowest BCUT2D eigenvalue weighted by atomic mass is 10.0. The van der Waals surface area contributed by atoms with E-state index >= 15 is 0 Å². The number of carbonyl (C=O) groups excluding carboxylic acids is 2. The number of esters is 1. The average Bonchev–Trinajstić information content (AvgIpc) is 3.52. The van der Waals surface area contributed by atoms with Crippen LogP contribution in [0.3, 0.4) is 0 Å². The number of anilines is 1. The zero-order chi connectivity index (χ0) is 23.4. The van der Waals surface area contributed by atoms with Gasteiger partial charge >= 0.3 is 5.97 Å². The molecule has 0 bridgehead atoms. The van der Waals surface area contributed by atoms with Crippen molar-refractivity contribution in [2.24, 2.45) is 0 Å². The molecule has 3 aromatic heterocycles. The fourth-order valence-electron chi connectivity index (χ4n) is 3.79. The second-order valence-corrected chi connectivity index (χ2v) is 8.46. The van der Waals surface area contributed by atoms with E-state index in [1.807, 2.05) is 56.5 Å². The van der Waals surface area contributed by atoms with Gasteiger partial charge in [-0.25, -0.2) is 14.5 Å². The number of ether oxygens (including phenoxy) is 1. The van der Waals surface area contributed by atoms with Gasteiger partial charge in [-0.05, 0) is 48.4 Å². The fourth-order valence-corrected chi connectivity index (χ4v) is 4.47. The number of hydrogen-bond acceptors (Lipinski definition) is 6. The molecule has 1 aromatic carbocycles. The molecule has 0 aliphatic heterocycles. The Morgan fingerprint density at radius 3 is 2.48 bits per heavy atom. The number of fused-ring (bicyclic) bond motifs is 1. The van der Waals surface area contributed by atoms with E-state index in [2.05, 4.69) is 10.4 Å². The number of nitrogens with one attached hydrogen (secondary N) is 1. The maximum atomic E-state index is 13.0. The van der Waals surface area contributed by atoms with E-state index in [0.717, 1.165) is 34.5 Å². The Morgan fingerprint density at radius 1 is 1.09 bits per heavy atom. The summed E-state index contributed by atoms with van der Waals surface area (Å²) in [4.78, 5) is 31.3. The van der Waals surface area contributed by atoms with Crippen molar-refractivity contribution in [3.05, 3.63) is 64.7 Å². The Bertz CT molecular complexity index is 1270. The second-order valence-electron chi connectivity index (χ2n) is 7.51. The van der Waals surface area contributed by atoms with Gasteiger partial charge in [-0.1, -0.05) is 38.1 Å². The van der Waals surface area contributed by atoms with Gasteiger partial charge in [-0.3, -0.25) is 4.79 Å². The zero-order valence-corrected chi connectivity index (χ0v) is 19.7. The lowest BCUT2D eigenvalue weighted by Crippen LogP contribution is -2.22. The second kappa shape index (κ2) is 9.95. The van der Waals surface area contributed by atoms with Gasteiger partial charge in [0.05, 0.1) is 27.7 Å². The normalized spacial score (nSPS) is 11.0. The average molecular weight is 463 g/mol. The van der Waals surface area contributed by atoms with E-state index in [1.54, 1.807) is 16.9 Å². The van der Waals surface area contributed by atoms with E-state index in [0.29, 0.717) is 28.8 Å². The van der Waals surface area contributed by atoms with Gasteiger partial charge in [-0.2, -0.15) is 5.10 Å². The smallest absolute Gasteiger partial charge is 0.339 e. The molecule has 1 amide bonds. The third-order valence-electron chi connectivity index (χ3n) is 5.50. The number of aromatic nitrogens is 3. The summed E-state index contributed by atoms with van der Waals surface area (Å²) in [5.41, 5.74) is 4.55. The van der Waals surface area contributed by atoms with Crippen LogP contribution >= 0.6 is 11.3 Å². The summed E-state index contributed by atoms with van der Waals surface area (Å²) in [6, 6.07) is 11.6. The van der Waals surface area contributed by atoms with Crippen molar-refractivity contribution >= 4 is 39.9 Å². The van der Waals surface area contributed by atoms with Gasteiger partial charge in [0.25, 0.3) is 5.91 Å². The number of rotatable bonds is 8. The Labute approximate surface area is 196 Å². The molecule has 0 radical (unpaired) electrons. The Kier molecular flexibility index (Phi) is 6.84. The van der Waals surface area contributed by atoms with E-state index in [9.17, 15) is 9.59 Å². The molecule has 3 heterocycles. The van der Waals surface area contributed by atoms with Gasteiger partial charge in [0.15, 0.2) is 12.3 Å². The Morgan fingerprint density at radius 2 is 1.85 bits per heavy atom. The summed E-state index contributed by atoms with van der Waals surface area (Å²) >= 11 is 1.54. The van der Waals surface area contributed by atoms with Crippen molar-refractivity contribution in [3.8, 4) is 10.6 Å². The number of amides is 1. The highest BCUT2D eigenvalue weighted by molar-refractivity contribution is 7.13. The largest absolute Gasteiger partial charge is 0.452 e. The van der Waals surface area contributed by atoms with E-state index in [4.69, 9.17) is 9.72 Å². The number of carbonyl (C=O) groups is 2. The summed E-state index contributed by atoms with van der Waals surface area (Å²) in [5.74, 6) is -0.947. The van der Waals surface area contributed by atoms with Crippen molar-refractivity contribution in [1.82, 2.24) is 14.8 Å². The third-order valence-corrected chi connectivity index (χ3v) is 6.39. The molecule has 33 heavy (non-hydrogen) atoms. The highest BCUT2D eigenvalue weighted by Gasteiger charge is 2.20. The first-order valence-electron chi connectivity index (χ1n) is 11.0. The summed E-state index contributed by atoms with van der Waals surface area (Å²) in [5, 5.41) is 9.83. The predicted octanol–water partition coefficient (Wildman–Crippen LogP) is 5.10. The van der Waals surface area contributed by atoms with Crippen molar-refractivity contribution in [1.29, 1.82) is 0 Å². The number of benzene rings is 1. The molecule has 4 rings (SSSR count). The molecule has 0 aliphatic carbocycles. The number of nitrogens with zero attached hydrogens (tertiary/aromatic N) is 3. The van der Waals surface area contributed by atoms with Crippen LogP contribution in [0.25, 0.3) is 21.6 Å². The molecule has 1 N–H and O–H groups in total. The minimum absolute atomic E-state index is 0.346. The Balaban J connectivity index is 1.56. The first-order chi connectivity index (χ1) is 16.0. The van der Waals surface area contributed by atoms with Gasteiger partial charge in [0.1, 0.15) is 0 Å². The van der Waals surface area contributed by atoms with Crippen molar-refractivity contribution in [2.45, 2.75) is 40.2 Å². The number of para-hydroxylation sites is 1. The molecular formula is C25H26N4O3S. The van der Waals surface area contributed by atoms with E-state index in [-0.39, 0.29) is 12.5 Å². The first kappa shape index (κ1) is 22.7. The lowest BCUT2D eigenvalue weighted by molar-refractivity contribution is -0.119. The van der Waals surface area contributed by atoms with Crippen LogP contribution in [-0.2, 0) is 28.9 Å². The van der Waals surface area contributed by atoms with Gasteiger partial charge in [0.2, 0.25) is 0 Å². The van der Waals surface area contributed by atoms with Crippen molar-refractivity contribution < 1.29 is 14.3 Å². The molecule has 170 valence electrons. The lowest BCUT2D eigenvalue weighted by Gasteiger charge is -2.14. The van der Waals surface area contributed by atoms with E-state index in [1.165, 1.54) is 11.3 Å². The molecule has 7 nitrogen and oxygen atoms in total. The van der Waals surface area contributed by atoms with Crippen LogP contribution in [0.5, 0.6) is 0 Å². The number of pyridine rings is 1. The maximum Gasteiger partial charge on any atom is 0.339 e. The topological polar surface area (TPSA) is 86.1 Å². The quantitative estimate of drug-likeness (QED) is 0.368. The van der Waals surface area contributed by atoms with E-state index < -0.39 is 5.97 Å². The Hall–Kier alpha value is -3.52. The highest BCUT2D eigenvalue weighted by atomic mass is 32.1. The van der Waals surface area contributed by atoms with Crippen LogP contribution in [0.2, 0.25) is 0 Å². The molecule has 0 spiro atoms. The molecule has 0 atom stereocenters. The van der Waals surface area contributed by atoms with Gasteiger partial charge < -0.3 is 10.1 Å². The summed E-state index contributed by atoms with van der Waals surface area (Å²) in [6.07, 6.45) is 3.21. The van der Waals surface area contributed by atoms with Crippen LogP contribution in [0, 0.1) is 0 Å². The summed E-state index contributed by atoms with van der Waals surface area (Å²) in [7, 11) is 0. The minimum atomic E-state index is -0.578. The molecular weight excluding hydrogens is 436 g/mol. The van der Waals surface area contributed by atoms with Crippen LogP contribution in [0.15, 0.2) is 48.0 Å². The SMILES string of the molecule is CCc1cccc(CC)c1NC(=O)COC(=O)c1cc(-c2cccs2)nc2c1cnn2CC. The number of hydrogen-bond donors (Lipinski definition) is 1. The third kappa shape index (κ3) is 4.66. The summed E-state index contributed by atoms with van der Waals surface area (Å²) in [6.45, 7) is 6.30. The molecule has 0 fully saturated rings. The van der Waals surface area contributed by atoms with Crippen molar-refractivity contribution in [2.75, 3.05) is 11.9 Å². The van der Waals surface area contributed by atoms with Gasteiger partial charge in [-0.15, -0.1) is 11.3 Å². The highest BCUT2D eigenvalue weighted by Crippen LogP contribution is 2.28. The molecule has 0 saturated heterocycles. The molecule has 0 unspecified atom stereocenters. The van der Waals surface area contributed by atoms with Crippen LogP contribution < -0.4 is 5.32 Å². The summed E-state index contributed by atoms with van der Waals surface area (Å²) < 4.78 is 7.16. The van der Waals surface area contributed by atoms with Crippen LogP contribution in [0.1, 0.15) is 42.3 Å². The predicted molar refractivity (Wildman–Crippen MR) is 131 cm³/mol. The maximum absolute atomic E-state index is 13.0. The number of thiophene rings is 1. The minimum Gasteiger partial charge on any atom is -0.452 e. The number of aryl methyl sites for hydroxylation is 3. The molecule has 8 heteroatoms. The standard InChI is InChI=1S/C25H26N4O3S/c1-4-16-9-7-10-17(5-2)23(16)28-22(30)15-32-25(31)18-13-20(21-11-8-12-33-21)27-24-19(18)14-26-29(24)6-3/h7-14H,4-6,15H2,1-3H3,(H,28,30). The monoisotopic (exact) mass is 462 g/mol. The first-order valence-corrected chi connectivity index (χ1v) is 11.9. The molecule has 4 aromatic rings. The van der Waals surface area contributed by atoms with Crippen LogP contribution in [0.4, 0.5) is 5.69 Å². The van der Waals surface area contributed by atoms with Crippen molar-refractivity contribution in [3.63, 3.8) is 0 Å². The fraction of sp³-hybridized carbons (Fsp3) is 0.280.